The molecular weight excluding hydrogens is 308 g/mol. The van der Waals surface area contributed by atoms with Crippen LogP contribution in [-0.2, 0) is 4.74 Å². The van der Waals surface area contributed by atoms with E-state index in [0.717, 1.165) is 30.6 Å². The van der Waals surface area contributed by atoms with Crippen LogP contribution in [-0.4, -0.2) is 50.2 Å². The average Bonchev–Trinajstić information content (AvgIpc) is 2.45. The van der Waals surface area contributed by atoms with Gasteiger partial charge in [-0.3, -0.25) is 4.79 Å². The van der Waals surface area contributed by atoms with Gasteiger partial charge in [0, 0.05) is 31.2 Å². The van der Waals surface area contributed by atoms with Gasteiger partial charge in [-0.15, -0.1) is 0 Å². The van der Waals surface area contributed by atoms with E-state index in [1.165, 1.54) is 0 Å². The van der Waals surface area contributed by atoms with Crippen molar-refractivity contribution in [3.8, 4) is 0 Å². The molecule has 0 aliphatic carbocycles. The number of hydrogen-bond donors (Lipinski definition) is 1. The highest BCUT2D eigenvalue weighted by molar-refractivity contribution is 9.10. The van der Waals surface area contributed by atoms with E-state index < -0.39 is 0 Å². The summed E-state index contributed by atoms with van der Waals surface area (Å²) in [5, 5.41) is 3.29. The normalized spacial score (nSPS) is 19.2. The number of nitrogens with zero attached hydrogens (tertiary/aromatic N) is 1. The number of hydrogen-bond acceptors (Lipinski definition) is 3. The van der Waals surface area contributed by atoms with Crippen LogP contribution in [0.1, 0.15) is 16.8 Å². The molecule has 1 N–H and O–H groups in total. The van der Waals surface area contributed by atoms with Gasteiger partial charge >= 0.3 is 0 Å². The summed E-state index contributed by atoms with van der Waals surface area (Å²) in [5.41, 5.74) is 0.702. The molecule has 5 heteroatoms. The summed E-state index contributed by atoms with van der Waals surface area (Å²) in [5.74, 6) is 0.0382. The first-order valence-electron chi connectivity index (χ1n) is 6.51. The van der Waals surface area contributed by atoms with Crippen molar-refractivity contribution in [3.05, 3.63) is 34.3 Å². The lowest BCUT2D eigenvalue weighted by Gasteiger charge is -2.26. The average molecular weight is 327 g/mol. The molecule has 2 rings (SSSR count). The fourth-order valence-corrected chi connectivity index (χ4v) is 2.54. The lowest BCUT2D eigenvalue weighted by Crippen LogP contribution is -2.40. The van der Waals surface area contributed by atoms with Gasteiger partial charge in [-0.2, -0.15) is 0 Å². The van der Waals surface area contributed by atoms with Gasteiger partial charge < -0.3 is 15.0 Å². The van der Waals surface area contributed by atoms with Crippen molar-refractivity contribution >= 4 is 21.8 Å². The van der Waals surface area contributed by atoms with Crippen LogP contribution >= 0.6 is 15.9 Å². The maximum Gasteiger partial charge on any atom is 0.254 e. The Kier molecular flexibility index (Phi) is 5.36. The van der Waals surface area contributed by atoms with Crippen molar-refractivity contribution in [3.63, 3.8) is 0 Å². The van der Waals surface area contributed by atoms with E-state index in [1.807, 2.05) is 31.3 Å². The Morgan fingerprint density at radius 1 is 1.53 bits per heavy atom. The monoisotopic (exact) mass is 326 g/mol. The van der Waals surface area contributed by atoms with E-state index >= 15 is 0 Å². The predicted molar refractivity (Wildman–Crippen MR) is 78.3 cm³/mol. The second kappa shape index (κ2) is 7.03. The molecule has 0 aromatic heterocycles. The minimum Gasteiger partial charge on any atom is -0.376 e. The number of benzene rings is 1. The molecule has 1 aliphatic heterocycles. The predicted octanol–water partition coefficient (Wildman–Crippen LogP) is 1.90. The largest absolute Gasteiger partial charge is 0.376 e. The van der Waals surface area contributed by atoms with Crippen molar-refractivity contribution in [2.24, 2.45) is 0 Å². The number of ether oxygens (including phenoxy) is 1. The van der Waals surface area contributed by atoms with Crippen molar-refractivity contribution in [2.45, 2.75) is 12.5 Å². The Morgan fingerprint density at radius 3 is 3.00 bits per heavy atom. The molecule has 1 atom stereocenters. The number of carbonyl (C=O) groups is 1. The number of carbonyl (C=O) groups excluding carboxylic acids is 1. The van der Waals surface area contributed by atoms with Gasteiger partial charge in [-0.25, -0.2) is 0 Å². The first-order valence-corrected chi connectivity index (χ1v) is 7.30. The zero-order chi connectivity index (χ0) is 13.7. The first kappa shape index (κ1) is 14.5. The van der Waals surface area contributed by atoms with Gasteiger partial charge in [0.15, 0.2) is 0 Å². The van der Waals surface area contributed by atoms with Crippen molar-refractivity contribution in [2.75, 3.05) is 33.3 Å². The highest BCUT2D eigenvalue weighted by Gasteiger charge is 2.18. The lowest BCUT2D eigenvalue weighted by atomic mass is 10.2. The summed E-state index contributed by atoms with van der Waals surface area (Å²) in [6.45, 7) is 3.25. The maximum absolute atomic E-state index is 12.3. The molecule has 1 aliphatic rings. The highest BCUT2D eigenvalue weighted by atomic mass is 79.9. The van der Waals surface area contributed by atoms with E-state index in [1.54, 1.807) is 4.90 Å². The molecule has 1 amide bonds. The van der Waals surface area contributed by atoms with Crippen LogP contribution in [0.5, 0.6) is 0 Å². The molecule has 1 aromatic carbocycles. The summed E-state index contributed by atoms with van der Waals surface area (Å²) in [7, 11) is 1.83. The molecule has 0 spiro atoms. The van der Waals surface area contributed by atoms with Gasteiger partial charge in [0.1, 0.15) is 0 Å². The molecular formula is C14H19BrN2O2. The highest BCUT2D eigenvalue weighted by Crippen LogP contribution is 2.17. The van der Waals surface area contributed by atoms with Gasteiger partial charge in [0.25, 0.3) is 5.91 Å². The van der Waals surface area contributed by atoms with Crippen LogP contribution in [0.4, 0.5) is 0 Å². The summed E-state index contributed by atoms with van der Waals surface area (Å²) < 4.78 is 6.46. The molecule has 1 fully saturated rings. The number of amides is 1. The molecule has 104 valence electrons. The zero-order valence-corrected chi connectivity index (χ0v) is 12.6. The molecule has 4 nitrogen and oxygen atoms in total. The van der Waals surface area contributed by atoms with E-state index in [-0.39, 0.29) is 12.0 Å². The van der Waals surface area contributed by atoms with E-state index in [4.69, 9.17) is 4.74 Å². The van der Waals surface area contributed by atoms with Gasteiger partial charge in [0.2, 0.25) is 0 Å². The molecule has 0 bridgehead atoms. The van der Waals surface area contributed by atoms with Gasteiger partial charge in [-0.1, -0.05) is 12.1 Å². The molecule has 0 radical (unpaired) electrons. The minimum atomic E-state index is 0.0382. The molecule has 0 saturated carbocycles. The Balaban J connectivity index is 1.87. The van der Waals surface area contributed by atoms with Crippen molar-refractivity contribution in [1.29, 1.82) is 0 Å². The minimum absolute atomic E-state index is 0.0382. The number of rotatable bonds is 4. The van der Waals surface area contributed by atoms with Crippen LogP contribution < -0.4 is 5.32 Å². The Bertz CT molecular complexity index is 433. The Labute approximate surface area is 122 Å². The molecule has 1 saturated heterocycles. The standard InChI is InChI=1S/C14H19BrN2O2/c1-17(8-6-11-10-16-7-9-19-11)14(18)12-4-2-3-5-13(12)15/h2-5,11,16H,6-10H2,1H3. The van der Waals surface area contributed by atoms with Crippen LogP contribution in [0.2, 0.25) is 0 Å². The number of halogens is 1. The van der Waals surface area contributed by atoms with E-state index in [9.17, 15) is 4.79 Å². The van der Waals surface area contributed by atoms with E-state index in [0.29, 0.717) is 12.1 Å². The number of morpholine rings is 1. The molecule has 1 unspecified atom stereocenters. The van der Waals surface area contributed by atoms with Crippen molar-refractivity contribution in [1.82, 2.24) is 10.2 Å². The zero-order valence-electron chi connectivity index (χ0n) is 11.1. The Morgan fingerprint density at radius 2 is 2.32 bits per heavy atom. The first-order chi connectivity index (χ1) is 9.18. The molecule has 19 heavy (non-hydrogen) atoms. The lowest BCUT2D eigenvalue weighted by molar-refractivity contribution is 0.0187. The Hall–Kier alpha value is -0.910. The maximum atomic E-state index is 12.3. The third-order valence-electron chi connectivity index (χ3n) is 3.24. The van der Waals surface area contributed by atoms with Crippen LogP contribution in [0, 0.1) is 0 Å². The fraction of sp³-hybridized carbons (Fsp3) is 0.500. The second-order valence-electron chi connectivity index (χ2n) is 4.69. The second-order valence-corrected chi connectivity index (χ2v) is 5.55. The topological polar surface area (TPSA) is 41.6 Å². The van der Waals surface area contributed by atoms with Gasteiger partial charge in [-0.05, 0) is 34.5 Å². The van der Waals surface area contributed by atoms with E-state index in [2.05, 4.69) is 21.2 Å². The SMILES string of the molecule is CN(CCC1CNCCO1)C(=O)c1ccccc1Br. The summed E-state index contributed by atoms with van der Waals surface area (Å²) in [4.78, 5) is 14.0. The molecule has 1 aromatic rings. The van der Waals surface area contributed by atoms with Crippen molar-refractivity contribution < 1.29 is 9.53 Å². The summed E-state index contributed by atoms with van der Waals surface area (Å²) >= 11 is 3.41. The summed E-state index contributed by atoms with van der Waals surface area (Å²) in [6.07, 6.45) is 1.07. The quantitative estimate of drug-likeness (QED) is 0.918. The van der Waals surface area contributed by atoms with Gasteiger partial charge in [0.05, 0.1) is 18.3 Å². The molecule has 1 heterocycles. The fourth-order valence-electron chi connectivity index (χ4n) is 2.08. The third kappa shape index (κ3) is 4.03. The smallest absolute Gasteiger partial charge is 0.254 e. The van der Waals surface area contributed by atoms with Crippen LogP contribution in [0.3, 0.4) is 0 Å². The summed E-state index contributed by atoms with van der Waals surface area (Å²) in [6, 6.07) is 7.50. The third-order valence-corrected chi connectivity index (χ3v) is 3.93. The number of nitrogens with one attached hydrogen (secondary N) is 1. The van der Waals surface area contributed by atoms with Crippen LogP contribution in [0.15, 0.2) is 28.7 Å². The van der Waals surface area contributed by atoms with Crippen LogP contribution in [0.25, 0.3) is 0 Å².